The molecule has 1 N–H and O–H groups in total. The number of carbonyl (C=O) groups excluding carboxylic acids is 1. The van der Waals surface area contributed by atoms with Gasteiger partial charge in [0, 0.05) is 11.6 Å². The Morgan fingerprint density at radius 2 is 2.04 bits per heavy atom. The van der Waals surface area contributed by atoms with Crippen LogP contribution in [-0.2, 0) is 0 Å². The third kappa shape index (κ3) is 2.64. The van der Waals surface area contributed by atoms with E-state index in [0.29, 0.717) is 22.9 Å². The van der Waals surface area contributed by atoms with Crippen molar-refractivity contribution in [2.24, 2.45) is 17.8 Å². The minimum atomic E-state index is -0.0668. The summed E-state index contributed by atoms with van der Waals surface area (Å²) in [7, 11) is 0. The van der Waals surface area contributed by atoms with Crippen LogP contribution in [-0.4, -0.2) is 17.1 Å². The maximum atomic E-state index is 12.9. The van der Waals surface area contributed by atoms with E-state index in [0.717, 1.165) is 17.4 Å². The Morgan fingerprint density at radius 1 is 1.25 bits per heavy atom. The first kappa shape index (κ1) is 15.4. The summed E-state index contributed by atoms with van der Waals surface area (Å²) < 4.78 is 5.32. The van der Waals surface area contributed by atoms with Gasteiger partial charge in [-0.1, -0.05) is 41.9 Å². The fourth-order valence-electron chi connectivity index (χ4n) is 4.72. The standard InChI is InChI=1S/C20H24N2O2/c1-12(17-11-14-8-9-16(17)10-14)21-20(23)18-13(2)24-22-19(18)15-6-4-3-5-7-15/h3-7,12,14,16-17H,8-11H2,1-2H3,(H,21,23)/t12-,14+,16-,17+/m0/s1. The van der Waals surface area contributed by atoms with Crippen LogP contribution in [0.5, 0.6) is 0 Å². The summed E-state index contributed by atoms with van der Waals surface area (Å²) >= 11 is 0. The van der Waals surface area contributed by atoms with E-state index in [9.17, 15) is 4.79 Å². The summed E-state index contributed by atoms with van der Waals surface area (Å²) in [6.45, 7) is 3.95. The number of benzene rings is 1. The van der Waals surface area contributed by atoms with Crippen LogP contribution in [0.4, 0.5) is 0 Å². The first-order valence-corrected chi connectivity index (χ1v) is 8.96. The minimum absolute atomic E-state index is 0.0668. The molecule has 2 bridgehead atoms. The molecule has 1 aromatic carbocycles. The molecule has 4 atom stereocenters. The van der Waals surface area contributed by atoms with Gasteiger partial charge in [0.15, 0.2) is 0 Å². The molecular weight excluding hydrogens is 300 g/mol. The molecule has 2 aliphatic rings. The lowest BCUT2D eigenvalue weighted by Crippen LogP contribution is -2.40. The van der Waals surface area contributed by atoms with Crippen molar-refractivity contribution in [2.45, 2.75) is 45.6 Å². The lowest BCUT2D eigenvalue weighted by atomic mass is 9.84. The van der Waals surface area contributed by atoms with Crippen LogP contribution in [0, 0.1) is 24.7 Å². The summed E-state index contributed by atoms with van der Waals surface area (Å²) in [4.78, 5) is 12.9. The second-order valence-electron chi connectivity index (χ2n) is 7.43. The average Bonchev–Trinajstić information content (AvgIpc) is 3.30. The topological polar surface area (TPSA) is 55.1 Å². The summed E-state index contributed by atoms with van der Waals surface area (Å²) in [6.07, 6.45) is 5.33. The molecule has 2 fully saturated rings. The lowest BCUT2D eigenvalue weighted by Gasteiger charge is -2.28. The number of nitrogens with zero attached hydrogens (tertiary/aromatic N) is 1. The summed E-state index contributed by atoms with van der Waals surface area (Å²) in [5, 5.41) is 7.34. The number of carbonyl (C=O) groups is 1. The van der Waals surface area contributed by atoms with E-state index in [1.165, 1.54) is 25.7 Å². The molecule has 4 rings (SSSR count). The smallest absolute Gasteiger partial charge is 0.257 e. The molecule has 24 heavy (non-hydrogen) atoms. The number of hydrogen-bond acceptors (Lipinski definition) is 3. The maximum absolute atomic E-state index is 12.9. The van der Waals surface area contributed by atoms with Crippen molar-refractivity contribution in [1.29, 1.82) is 0 Å². The van der Waals surface area contributed by atoms with Gasteiger partial charge in [-0.3, -0.25) is 4.79 Å². The molecule has 0 aliphatic heterocycles. The maximum Gasteiger partial charge on any atom is 0.257 e. The molecule has 4 nitrogen and oxygen atoms in total. The third-order valence-electron chi connectivity index (χ3n) is 5.93. The molecule has 2 aliphatic carbocycles. The Balaban J connectivity index is 1.54. The normalized spacial score (nSPS) is 26.5. The van der Waals surface area contributed by atoms with Crippen LogP contribution in [0.3, 0.4) is 0 Å². The summed E-state index contributed by atoms with van der Waals surface area (Å²) in [6, 6.07) is 9.94. The number of aryl methyl sites for hydroxylation is 1. The van der Waals surface area contributed by atoms with Crippen LogP contribution in [0.1, 0.15) is 48.7 Å². The molecule has 0 saturated heterocycles. The highest BCUT2D eigenvalue weighted by Gasteiger charge is 2.42. The van der Waals surface area contributed by atoms with E-state index in [1.807, 2.05) is 30.3 Å². The molecule has 0 unspecified atom stereocenters. The van der Waals surface area contributed by atoms with Gasteiger partial charge in [-0.2, -0.15) is 0 Å². The van der Waals surface area contributed by atoms with E-state index in [1.54, 1.807) is 6.92 Å². The number of aromatic nitrogens is 1. The molecule has 2 aromatic rings. The average molecular weight is 324 g/mol. The first-order chi connectivity index (χ1) is 11.6. The molecule has 0 spiro atoms. The van der Waals surface area contributed by atoms with E-state index < -0.39 is 0 Å². The Labute approximate surface area is 142 Å². The number of amides is 1. The molecule has 0 radical (unpaired) electrons. The zero-order valence-electron chi connectivity index (χ0n) is 14.3. The largest absolute Gasteiger partial charge is 0.360 e. The van der Waals surface area contributed by atoms with Crippen LogP contribution < -0.4 is 5.32 Å². The number of fused-ring (bicyclic) bond motifs is 2. The Bertz CT molecular complexity index is 737. The molecular formula is C20H24N2O2. The number of hydrogen-bond donors (Lipinski definition) is 1. The van der Waals surface area contributed by atoms with Gasteiger partial charge in [-0.25, -0.2) is 0 Å². The van der Waals surface area contributed by atoms with Gasteiger partial charge >= 0.3 is 0 Å². The van der Waals surface area contributed by atoms with E-state index in [-0.39, 0.29) is 11.9 Å². The Kier molecular flexibility index (Phi) is 3.91. The summed E-state index contributed by atoms with van der Waals surface area (Å²) in [5.41, 5.74) is 2.11. The molecule has 1 amide bonds. The van der Waals surface area contributed by atoms with Crippen molar-refractivity contribution in [3.63, 3.8) is 0 Å². The van der Waals surface area contributed by atoms with Crippen LogP contribution in [0.15, 0.2) is 34.9 Å². The van der Waals surface area contributed by atoms with E-state index in [2.05, 4.69) is 17.4 Å². The fourth-order valence-corrected chi connectivity index (χ4v) is 4.72. The van der Waals surface area contributed by atoms with Crippen molar-refractivity contribution >= 4 is 5.91 Å². The molecule has 2 saturated carbocycles. The van der Waals surface area contributed by atoms with Gasteiger partial charge in [0.25, 0.3) is 5.91 Å². The molecule has 1 aromatic heterocycles. The molecule has 126 valence electrons. The van der Waals surface area contributed by atoms with Gasteiger partial charge in [0.2, 0.25) is 0 Å². The van der Waals surface area contributed by atoms with E-state index in [4.69, 9.17) is 4.52 Å². The van der Waals surface area contributed by atoms with Crippen molar-refractivity contribution in [3.8, 4) is 11.3 Å². The fraction of sp³-hybridized carbons (Fsp3) is 0.500. The highest BCUT2D eigenvalue weighted by atomic mass is 16.5. The zero-order valence-corrected chi connectivity index (χ0v) is 14.3. The van der Waals surface area contributed by atoms with Gasteiger partial charge in [-0.05, 0) is 50.9 Å². The highest BCUT2D eigenvalue weighted by Crippen LogP contribution is 2.49. The summed E-state index contributed by atoms with van der Waals surface area (Å²) in [5.74, 6) is 2.81. The Hall–Kier alpha value is -2.10. The molecule has 4 heteroatoms. The predicted molar refractivity (Wildman–Crippen MR) is 92.5 cm³/mol. The van der Waals surface area contributed by atoms with Gasteiger partial charge < -0.3 is 9.84 Å². The monoisotopic (exact) mass is 324 g/mol. The third-order valence-corrected chi connectivity index (χ3v) is 5.93. The first-order valence-electron chi connectivity index (χ1n) is 8.96. The quantitative estimate of drug-likeness (QED) is 0.917. The molecule has 1 heterocycles. The van der Waals surface area contributed by atoms with Crippen LogP contribution >= 0.6 is 0 Å². The lowest BCUT2D eigenvalue weighted by molar-refractivity contribution is 0.0914. The van der Waals surface area contributed by atoms with Crippen molar-refractivity contribution in [3.05, 3.63) is 41.7 Å². The predicted octanol–water partition coefficient (Wildman–Crippen LogP) is 4.20. The number of nitrogens with one attached hydrogen (secondary N) is 1. The van der Waals surface area contributed by atoms with Gasteiger partial charge in [-0.15, -0.1) is 0 Å². The van der Waals surface area contributed by atoms with E-state index >= 15 is 0 Å². The van der Waals surface area contributed by atoms with Crippen molar-refractivity contribution in [1.82, 2.24) is 10.5 Å². The van der Waals surface area contributed by atoms with Gasteiger partial charge in [0.05, 0.1) is 0 Å². The van der Waals surface area contributed by atoms with Crippen molar-refractivity contribution in [2.75, 3.05) is 0 Å². The zero-order chi connectivity index (χ0) is 16.7. The van der Waals surface area contributed by atoms with Crippen LogP contribution in [0.2, 0.25) is 0 Å². The van der Waals surface area contributed by atoms with Crippen molar-refractivity contribution < 1.29 is 9.32 Å². The SMILES string of the molecule is Cc1onc(-c2ccccc2)c1C(=O)N[C@@H](C)[C@H]1C[C@@H]2CC[C@H]1C2. The minimum Gasteiger partial charge on any atom is -0.360 e. The highest BCUT2D eigenvalue weighted by molar-refractivity contribution is 6.00. The Morgan fingerprint density at radius 3 is 2.71 bits per heavy atom. The number of rotatable bonds is 4. The van der Waals surface area contributed by atoms with Gasteiger partial charge in [0.1, 0.15) is 17.0 Å². The second-order valence-corrected chi connectivity index (χ2v) is 7.43. The van der Waals surface area contributed by atoms with Crippen LogP contribution in [0.25, 0.3) is 11.3 Å². The second kappa shape index (κ2) is 6.08.